The Balaban J connectivity index is 1.64. The molecular weight excluding hydrogens is 422 g/mol. The normalized spacial score (nSPS) is 11.0. The molecule has 1 amide bonds. The molecule has 0 bridgehead atoms. The number of unbranched alkanes of at least 4 members (excludes halogenated alkanes) is 1. The second kappa shape index (κ2) is 11.7. The fourth-order valence-electron chi connectivity index (χ4n) is 2.83. The minimum atomic E-state index is -0.498. The molecule has 0 saturated carbocycles. The molecule has 1 heterocycles. The van der Waals surface area contributed by atoms with Crippen molar-refractivity contribution in [3.8, 4) is 28.8 Å². The average molecular weight is 448 g/mol. The number of hydrogen-bond donors (Lipinski definition) is 1. The first kappa shape index (κ1) is 23.0. The van der Waals surface area contributed by atoms with E-state index in [9.17, 15) is 10.1 Å². The van der Waals surface area contributed by atoms with Gasteiger partial charge in [0.2, 0.25) is 0 Å². The summed E-state index contributed by atoms with van der Waals surface area (Å²) < 4.78 is 11.1. The zero-order chi connectivity index (χ0) is 22.8. The molecule has 0 radical (unpaired) electrons. The van der Waals surface area contributed by atoms with Crippen LogP contribution in [0.2, 0.25) is 0 Å². The maximum Gasteiger partial charge on any atom is 0.268 e. The quantitative estimate of drug-likeness (QED) is 0.236. The number of rotatable bonds is 10. The number of ether oxygens (including phenoxy) is 2. The van der Waals surface area contributed by atoms with E-state index in [0.29, 0.717) is 18.3 Å². The van der Waals surface area contributed by atoms with E-state index in [2.05, 4.69) is 17.2 Å². The van der Waals surface area contributed by atoms with Gasteiger partial charge in [0, 0.05) is 10.9 Å². The van der Waals surface area contributed by atoms with Crippen molar-refractivity contribution in [3.63, 3.8) is 0 Å². The van der Waals surface area contributed by atoms with Crippen molar-refractivity contribution in [1.82, 2.24) is 4.98 Å². The third-order valence-corrected chi connectivity index (χ3v) is 5.27. The van der Waals surface area contributed by atoms with Crippen LogP contribution in [0.3, 0.4) is 0 Å². The summed E-state index contributed by atoms with van der Waals surface area (Å²) in [5.74, 6) is 1.06. The Morgan fingerprint density at radius 3 is 2.44 bits per heavy atom. The van der Waals surface area contributed by atoms with Gasteiger partial charge >= 0.3 is 0 Å². The molecule has 0 unspecified atom stereocenters. The largest absolute Gasteiger partial charge is 0.494 e. The standard InChI is InChI=1S/C25H25N3O3S/c1-3-5-14-31-22-12-8-19(9-13-22)23-17-32-25(27-23)28-24(29)20(16-26)15-18-6-10-21(11-7-18)30-4-2/h6-13,15,17H,3-5,14H2,1-2H3,(H,27,28,29)/b20-15+. The summed E-state index contributed by atoms with van der Waals surface area (Å²) in [6, 6.07) is 16.9. The molecule has 0 spiro atoms. The molecule has 0 aliphatic heterocycles. The topological polar surface area (TPSA) is 84.2 Å². The number of aromatic nitrogens is 1. The highest BCUT2D eigenvalue weighted by Crippen LogP contribution is 2.27. The molecule has 0 aliphatic rings. The van der Waals surface area contributed by atoms with Crippen LogP contribution in [0.5, 0.6) is 11.5 Å². The summed E-state index contributed by atoms with van der Waals surface area (Å²) in [5.41, 5.74) is 2.41. The number of amides is 1. The molecule has 0 aliphatic carbocycles. The van der Waals surface area contributed by atoms with Gasteiger partial charge in [0.25, 0.3) is 5.91 Å². The van der Waals surface area contributed by atoms with Crippen molar-refractivity contribution >= 4 is 28.5 Å². The minimum absolute atomic E-state index is 0.000471. The Kier molecular flexibility index (Phi) is 8.41. The lowest BCUT2D eigenvalue weighted by Gasteiger charge is -2.05. The van der Waals surface area contributed by atoms with Gasteiger partial charge < -0.3 is 9.47 Å². The number of thiazole rings is 1. The third kappa shape index (κ3) is 6.43. The molecule has 0 saturated heterocycles. The average Bonchev–Trinajstić information content (AvgIpc) is 3.27. The highest BCUT2D eigenvalue weighted by atomic mass is 32.1. The second-order valence-corrected chi connectivity index (χ2v) is 7.75. The van der Waals surface area contributed by atoms with Crippen LogP contribution in [0.4, 0.5) is 5.13 Å². The van der Waals surface area contributed by atoms with E-state index in [1.165, 1.54) is 17.4 Å². The SMILES string of the molecule is CCCCOc1ccc(-c2csc(NC(=O)/C(C#N)=C/c3ccc(OCC)cc3)n2)cc1. The molecule has 1 N–H and O–H groups in total. The summed E-state index contributed by atoms with van der Waals surface area (Å²) in [5, 5.41) is 14.4. The van der Waals surface area contributed by atoms with Crippen LogP contribution in [0.1, 0.15) is 32.3 Å². The van der Waals surface area contributed by atoms with Crippen LogP contribution in [0, 0.1) is 11.3 Å². The predicted molar refractivity (Wildman–Crippen MR) is 128 cm³/mol. The first-order chi connectivity index (χ1) is 15.6. The van der Waals surface area contributed by atoms with Crippen molar-refractivity contribution < 1.29 is 14.3 Å². The maximum atomic E-state index is 12.6. The number of hydrogen-bond acceptors (Lipinski definition) is 6. The number of nitrogens with one attached hydrogen (secondary N) is 1. The van der Waals surface area contributed by atoms with Crippen LogP contribution < -0.4 is 14.8 Å². The summed E-state index contributed by atoms with van der Waals surface area (Å²) in [7, 11) is 0. The Labute approximate surface area is 192 Å². The van der Waals surface area contributed by atoms with Crippen molar-refractivity contribution in [2.24, 2.45) is 0 Å². The Morgan fingerprint density at radius 1 is 1.09 bits per heavy atom. The first-order valence-corrected chi connectivity index (χ1v) is 11.4. The van der Waals surface area contributed by atoms with Crippen LogP contribution in [-0.4, -0.2) is 24.1 Å². The molecule has 32 heavy (non-hydrogen) atoms. The smallest absolute Gasteiger partial charge is 0.268 e. The summed E-state index contributed by atoms with van der Waals surface area (Å²) in [6.45, 7) is 5.32. The second-order valence-electron chi connectivity index (χ2n) is 6.89. The zero-order valence-electron chi connectivity index (χ0n) is 18.1. The first-order valence-electron chi connectivity index (χ1n) is 10.5. The number of anilines is 1. The van der Waals surface area contributed by atoms with Gasteiger partial charge in [-0.25, -0.2) is 4.98 Å². The lowest BCUT2D eigenvalue weighted by molar-refractivity contribution is -0.112. The van der Waals surface area contributed by atoms with Gasteiger partial charge in [0.1, 0.15) is 23.1 Å². The van der Waals surface area contributed by atoms with E-state index in [4.69, 9.17) is 9.47 Å². The lowest BCUT2D eigenvalue weighted by atomic mass is 10.1. The molecule has 7 heteroatoms. The van der Waals surface area contributed by atoms with Crippen molar-refractivity contribution in [2.45, 2.75) is 26.7 Å². The molecular formula is C25H25N3O3S. The van der Waals surface area contributed by atoms with Gasteiger partial charge in [-0.1, -0.05) is 25.5 Å². The minimum Gasteiger partial charge on any atom is -0.494 e. The Hall–Kier alpha value is -3.63. The maximum absolute atomic E-state index is 12.6. The monoisotopic (exact) mass is 447 g/mol. The van der Waals surface area contributed by atoms with Crippen LogP contribution in [-0.2, 0) is 4.79 Å². The number of nitrogens with zero attached hydrogens (tertiary/aromatic N) is 2. The van der Waals surface area contributed by atoms with Crippen LogP contribution in [0.15, 0.2) is 59.5 Å². The molecule has 2 aromatic carbocycles. The van der Waals surface area contributed by atoms with Crippen molar-refractivity contribution in [1.29, 1.82) is 5.26 Å². The molecule has 1 aromatic heterocycles. The van der Waals surface area contributed by atoms with Gasteiger partial charge in [-0.15, -0.1) is 11.3 Å². The van der Waals surface area contributed by atoms with Gasteiger partial charge in [-0.05, 0) is 61.4 Å². The molecule has 3 aromatic rings. The van der Waals surface area contributed by atoms with E-state index >= 15 is 0 Å². The molecule has 6 nitrogen and oxygen atoms in total. The Bertz CT molecular complexity index is 1100. The fourth-order valence-corrected chi connectivity index (χ4v) is 3.54. The highest BCUT2D eigenvalue weighted by molar-refractivity contribution is 7.14. The number of carbonyl (C=O) groups is 1. The molecule has 0 atom stereocenters. The molecule has 3 rings (SSSR count). The van der Waals surface area contributed by atoms with Gasteiger partial charge in [0.15, 0.2) is 5.13 Å². The highest BCUT2D eigenvalue weighted by Gasteiger charge is 2.13. The van der Waals surface area contributed by atoms with Gasteiger partial charge in [0.05, 0.1) is 18.9 Å². The summed E-state index contributed by atoms with van der Waals surface area (Å²) in [4.78, 5) is 17.0. The van der Waals surface area contributed by atoms with Crippen molar-refractivity contribution in [2.75, 3.05) is 18.5 Å². The fraction of sp³-hybridized carbons (Fsp3) is 0.240. The summed E-state index contributed by atoms with van der Waals surface area (Å²) >= 11 is 1.31. The lowest BCUT2D eigenvalue weighted by Crippen LogP contribution is -2.13. The van der Waals surface area contributed by atoms with E-state index < -0.39 is 5.91 Å². The van der Waals surface area contributed by atoms with Gasteiger partial charge in [-0.2, -0.15) is 5.26 Å². The third-order valence-electron chi connectivity index (χ3n) is 4.51. The zero-order valence-corrected chi connectivity index (χ0v) is 18.9. The van der Waals surface area contributed by atoms with Gasteiger partial charge in [-0.3, -0.25) is 10.1 Å². The number of carbonyl (C=O) groups excluding carboxylic acids is 1. The van der Waals surface area contributed by atoms with Crippen LogP contribution >= 0.6 is 11.3 Å². The number of nitriles is 1. The Morgan fingerprint density at radius 2 is 1.78 bits per heavy atom. The number of benzene rings is 2. The summed E-state index contributed by atoms with van der Waals surface area (Å²) in [6.07, 6.45) is 3.65. The molecule has 0 fully saturated rings. The van der Waals surface area contributed by atoms with Crippen molar-refractivity contribution in [3.05, 3.63) is 65.0 Å². The van der Waals surface area contributed by atoms with E-state index in [1.54, 1.807) is 24.3 Å². The van der Waals surface area contributed by atoms with Crippen LogP contribution in [0.25, 0.3) is 17.3 Å². The van der Waals surface area contributed by atoms with E-state index in [0.717, 1.165) is 41.2 Å². The predicted octanol–water partition coefficient (Wildman–Crippen LogP) is 5.93. The molecule has 164 valence electrons. The van der Waals surface area contributed by atoms with E-state index in [1.807, 2.05) is 42.6 Å². The van der Waals surface area contributed by atoms with E-state index in [-0.39, 0.29) is 5.57 Å².